The molecule has 0 spiro atoms. The molecular weight excluding hydrogens is 350 g/mol. The highest BCUT2D eigenvalue weighted by atomic mass is 32.2. The molecule has 2 fully saturated rings. The Hall–Kier alpha value is -1.66. The molecule has 0 aromatic heterocycles. The molecule has 6 heteroatoms. The quantitative estimate of drug-likeness (QED) is 0.509. The van der Waals surface area contributed by atoms with Gasteiger partial charge in [0, 0.05) is 12.5 Å². The maximum Gasteiger partial charge on any atom is 0.303 e. The van der Waals surface area contributed by atoms with Gasteiger partial charge in [-0.25, -0.2) is 13.1 Å². The number of carbonyl (C=O) groups is 1. The molecule has 1 aromatic carbocycles. The lowest BCUT2D eigenvalue weighted by molar-refractivity contribution is -0.137. The zero-order chi connectivity index (χ0) is 18.6. The molecule has 0 saturated heterocycles. The zero-order valence-electron chi connectivity index (χ0n) is 14.9. The predicted molar refractivity (Wildman–Crippen MR) is 100 cm³/mol. The smallest absolute Gasteiger partial charge is 0.303 e. The molecule has 142 valence electrons. The average molecular weight is 378 g/mol. The topological polar surface area (TPSA) is 83.5 Å². The summed E-state index contributed by atoms with van der Waals surface area (Å²) in [4.78, 5) is 10.9. The van der Waals surface area contributed by atoms with E-state index >= 15 is 0 Å². The average Bonchev–Trinajstić information content (AvgIpc) is 3.20. The van der Waals surface area contributed by atoms with Gasteiger partial charge in [-0.15, -0.1) is 0 Å². The number of hydrogen-bond acceptors (Lipinski definition) is 3. The molecular formula is C20H27NO4S. The van der Waals surface area contributed by atoms with Crippen molar-refractivity contribution in [1.29, 1.82) is 0 Å². The van der Waals surface area contributed by atoms with Crippen molar-refractivity contribution in [3.05, 3.63) is 42.5 Å². The third-order valence-corrected chi connectivity index (χ3v) is 7.24. The van der Waals surface area contributed by atoms with E-state index in [-0.39, 0.29) is 12.5 Å². The van der Waals surface area contributed by atoms with E-state index in [0.717, 1.165) is 25.7 Å². The number of unbranched alkanes of at least 4 members (excludes halogenated alkanes) is 1. The highest BCUT2D eigenvalue weighted by Gasteiger charge is 2.48. The van der Waals surface area contributed by atoms with Gasteiger partial charge in [0.1, 0.15) is 0 Å². The predicted octanol–water partition coefficient (Wildman–Crippen LogP) is 3.58. The van der Waals surface area contributed by atoms with Gasteiger partial charge in [0.2, 0.25) is 10.0 Å². The maximum atomic E-state index is 12.7. The van der Waals surface area contributed by atoms with Crippen molar-refractivity contribution in [3.8, 4) is 0 Å². The van der Waals surface area contributed by atoms with Crippen LogP contribution in [0.2, 0.25) is 0 Å². The number of carboxylic acids is 1. The Kier molecular flexibility index (Phi) is 6.14. The number of nitrogens with one attached hydrogen (secondary N) is 1. The van der Waals surface area contributed by atoms with E-state index in [1.165, 1.54) is 6.42 Å². The zero-order valence-corrected chi connectivity index (χ0v) is 15.7. The van der Waals surface area contributed by atoms with Crippen LogP contribution in [0.15, 0.2) is 47.4 Å². The van der Waals surface area contributed by atoms with Crippen LogP contribution in [0, 0.1) is 17.8 Å². The van der Waals surface area contributed by atoms with Crippen molar-refractivity contribution in [2.75, 3.05) is 0 Å². The molecule has 4 atom stereocenters. The molecule has 0 aliphatic heterocycles. The molecule has 2 aliphatic rings. The summed E-state index contributed by atoms with van der Waals surface area (Å²) in [6.07, 6.45) is 10.00. The van der Waals surface area contributed by atoms with Gasteiger partial charge in [0.05, 0.1) is 4.90 Å². The van der Waals surface area contributed by atoms with Crippen molar-refractivity contribution < 1.29 is 18.3 Å². The second kappa shape index (κ2) is 8.35. The van der Waals surface area contributed by atoms with Crippen LogP contribution in [0.5, 0.6) is 0 Å². The number of hydrogen-bond donors (Lipinski definition) is 2. The van der Waals surface area contributed by atoms with Crippen LogP contribution in [-0.4, -0.2) is 25.5 Å². The Morgan fingerprint density at radius 3 is 2.62 bits per heavy atom. The van der Waals surface area contributed by atoms with Gasteiger partial charge in [-0.2, -0.15) is 0 Å². The number of allylic oxidation sites excluding steroid dienone is 2. The van der Waals surface area contributed by atoms with Gasteiger partial charge in [0.15, 0.2) is 0 Å². The van der Waals surface area contributed by atoms with Gasteiger partial charge in [0.25, 0.3) is 0 Å². The summed E-state index contributed by atoms with van der Waals surface area (Å²) in [5.41, 5.74) is 0. The lowest BCUT2D eigenvalue weighted by Crippen LogP contribution is -2.43. The first-order valence-corrected chi connectivity index (χ1v) is 10.9. The highest BCUT2D eigenvalue weighted by molar-refractivity contribution is 7.89. The van der Waals surface area contributed by atoms with E-state index in [1.54, 1.807) is 24.3 Å². The minimum Gasteiger partial charge on any atom is -0.481 e. The van der Waals surface area contributed by atoms with E-state index in [0.29, 0.717) is 29.1 Å². The molecule has 26 heavy (non-hydrogen) atoms. The van der Waals surface area contributed by atoms with E-state index < -0.39 is 16.0 Å². The molecule has 0 radical (unpaired) electrons. The number of carboxylic acid groups (broad SMARTS) is 1. The number of fused-ring (bicyclic) bond motifs is 2. The molecule has 0 unspecified atom stereocenters. The third kappa shape index (κ3) is 4.54. The van der Waals surface area contributed by atoms with Crippen LogP contribution < -0.4 is 4.72 Å². The van der Waals surface area contributed by atoms with Crippen molar-refractivity contribution in [2.24, 2.45) is 17.8 Å². The fourth-order valence-electron chi connectivity index (χ4n) is 4.52. The Bertz CT molecular complexity index is 744. The minimum absolute atomic E-state index is 0.00243. The van der Waals surface area contributed by atoms with Gasteiger partial charge >= 0.3 is 5.97 Å². The summed E-state index contributed by atoms with van der Waals surface area (Å²) in [6.45, 7) is 0. The number of aliphatic carboxylic acids is 1. The molecule has 2 aliphatic carbocycles. The first kappa shape index (κ1) is 19.1. The summed E-state index contributed by atoms with van der Waals surface area (Å²) in [5.74, 6) is 0.598. The molecule has 5 nitrogen and oxygen atoms in total. The molecule has 3 rings (SSSR count). The summed E-state index contributed by atoms with van der Waals surface area (Å²) < 4.78 is 28.4. The molecule has 2 saturated carbocycles. The van der Waals surface area contributed by atoms with Gasteiger partial charge in [-0.1, -0.05) is 30.4 Å². The minimum atomic E-state index is -3.49. The summed E-state index contributed by atoms with van der Waals surface area (Å²) >= 11 is 0. The van der Waals surface area contributed by atoms with Crippen LogP contribution in [0.3, 0.4) is 0 Å². The Labute approximate surface area is 155 Å². The van der Waals surface area contributed by atoms with Crippen molar-refractivity contribution in [1.82, 2.24) is 4.72 Å². The summed E-state index contributed by atoms with van der Waals surface area (Å²) in [7, 11) is -3.49. The van der Waals surface area contributed by atoms with Gasteiger partial charge in [-0.05, 0) is 68.4 Å². The lowest BCUT2D eigenvalue weighted by atomic mass is 9.83. The van der Waals surface area contributed by atoms with Crippen LogP contribution in [-0.2, 0) is 14.8 Å². The molecule has 1 aromatic rings. The van der Waals surface area contributed by atoms with Crippen LogP contribution in [0.25, 0.3) is 0 Å². The molecule has 2 N–H and O–H groups in total. The molecule has 2 bridgehead atoms. The van der Waals surface area contributed by atoms with Crippen LogP contribution >= 0.6 is 0 Å². The Morgan fingerprint density at radius 1 is 1.15 bits per heavy atom. The number of sulfonamides is 1. The van der Waals surface area contributed by atoms with Crippen molar-refractivity contribution in [3.63, 3.8) is 0 Å². The Morgan fingerprint density at radius 2 is 1.88 bits per heavy atom. The Balaban J connectivity index is 1.60. The molecule has 0 amide bonds. The largest absolute Gasteiger partial charge is 0.481 e. The van der Waals surface area contributed by atoms with E-state index in [4.69, 9.17) is 5.11 Å². The van der Waals surface area contributed by atoms with Crippen molar-refractivity contribution in [2.45, 2.75) is 55.9 Å². The highest BCUT2D eigenvalue weighted by Crippen LogP contribution is 2.50. The van der Waals surface area contributed by atoms with Gasteiger partial charge in [-0.3, -0.25) is 4.79 Å². The first-order chi connectivity index (χ1) is 12.5. The SMILES string of the molecule is O=C(O)CCCC=CC[C@@H]1[C@H]2CC[C@H](C2)[C@H]1NS(=O)(=O)c1ccccc1. The van der Waals surface area contributed by atoms with E-state index in [2.05, 4.69) is 10.8 Å². The second-order valence-electron chi connectivity index (χ2n) is 7.45. The van der Waals surface area contributed by atoms with Crippen molar-refractivity contribution >= 4 is 16.0 Å². The maximum absolute atomic E-state index is 12.7. The van der Waals surface area contributed by atoms with Crippen LogP contribution in [0.4, 0.5) is 0 Å². The summed E-state index contributed by atoms with van der Waals surface area (Å²) in [6, 6.07) is 8.57. The summed E-state index contributed by atoms with van der Waals surface area (Å²) in [5, 5.41) is 8.66. The normalized spacial score (nSPS) is 28.0. The van der Waals surface area contributed by atoms with E-state index in [1.807, 2.05) is 12.1 Å². The monoisotopic (exact) mass is 377 g/mol. The molecule has 0 heterocycles. The first-order valence-electron chi connectivity index (χ1n) is 9.41. The fourth-order valence-corrected chi connectivity index (χ4v) is 5.90. The van der Waals surface area contributed by atoms with Gasteiger partial charge < -0.3 is 5.11 Å². The fraction of sp³-hybridized carbons (Fsp3) is 0.550. The van der Waals surface area contributed by atoms with Crippen LogP contribution in [0.1, 0.15) is 44.9 Å². The van der Waals surface area contributed by atoms with E-state index in [9.17, 15) is 13.2 Å². The lowest BCUT2D eigenvalue weighted by Gasteiger charge is -2.31. The standard InChI is InChI=1S/C20H27NO4S/c22-19(23)11-7-2-1-6-10-18-15-12-13-16(14-15)20(18)21-26(24,25)17-8-4-3-5-9-17/h1,3-6,8-9,15-16,18,20-21H,2,7,10-14H2,(H,22,23)/t15-,16+,18+,20+/m0/s1. The number of benzene rings is 1. The second-order valence-corrected chi connectivity index (χ2v) is 9.16. The third-order valence-electron chi connectivity index (χ3n) is 5.77. The number of rotatable bonds is 9.